The van der Waals surface area contributed by atoms with Crippen LogP contribution in [0.25, 0.3) is 0 Å². The summed E-state index contributed by atoms with van der Waals surface area (Å²) in [6, 6.07) is 0.464. The zero-order valence-corrected chi connectivity index (χ0v) is 20.5. The summed E-state index contributed by atoms with van der Waals surface area (Å²) < 4.78 is 0. The van der Waals surface area contributed by atoms with Crippen LogP contribution in [0.15, 0.2) is 0 Å². The maximum atomic E-state index is 12.1. The Morgan fingerprint density at radius 1 is 0.724 bits per heavy atom. The lowest BCUT2D eigenvalue weighted by molar-refractivity contribution is -0.122. The van der Waals surface area contributed by atoms with Gasteiger partial charge in [0.25, 0.3) is 0 Å². The van der Waals surface area contributed by atoms with E-state index in [-0.39, 0.29) is 0 Å². The molecular formula is C27H53NO. The number of rotatable bonds is 18. The minimum absolute atomic E-state index is 0.291. The van der Waals surface area contributed by atoms with Gasteiger partial charge in [0.05, 0.1) is 0 Å². The van der Waals surface area contributed by atoms with Crippen LogP contribution in [0.2, 0.25) is 0 Å². The van der Waals surface area contributed by atoms with Crippen molar-refractivity contribution >= 4 is 5.91 Å². The molecule has 0 atom stereocenters. The number of carbonyl (C=O) groups excluding carboxylic acids is 1. The second kappa shape index (κ2) is 16.2. The van der Waals surface area contributed by atoms with Crippen LogP contribution in [0, 0.1) is 11.3 Å². The molecule has 0 heterocycles. The molecule has 0 aromatic carbocycles. The SMILES string of the molecule is CCCCCCCCCCCCCCCCCC(=O)NC1CC(CC(C)(C)C)C1. The van der Waals surface area contributed by atoms with Gasteiger partial charge >= 0.3 is 0 Å². The van der Waals surface area contributed by atoms with E-state index >= 15 is 0 Å². The van der Waals surface area contributed by atoms with Crippen LogP contribution in [-0.4, -0.2) is 11.9 Å². The van der Waals surface area contributed by atoms with E-state index in [2.05, 4.69) is 33.0 Å². The van der Waals surface area contributed by atoms with Crippen molar-refractivity contribution in [1.29, 1.82) is 0 Å². The van der Waals surface area contributed by atoms with E-state index in [1.807, 2.05) is 0 Å². The normalized spacial score (nSPS) is 19.2. The largest absolute Gasteiger partial charge is 0.353 e. The molecule has 0 aromatic heterocycles. The summed E-state index contributed by atoms with van der Waals surface area (Å²) in [5, 5.41) is 3.24. The Bertz CT molecular complexity index is 392. The van der Waals surface area contributed by atoms with Crippen LogP contribution < -0.4 is 5.32 Å². The second-order valence-electron chi connectivity index (χ2n) is 11.1. The Balaban J connectivity index is 1.77. The van der Waals surface area contributed by atoms with Crippen molar-refractivity contribution < 1.29 is 4.79 Å². The average molecular weight is 408 g/mol. The van der Waals surface area contributed by atoms with E-state index in [4.69, 9.17) is 0 Å². The molecule has 1 N–H and O–H groups in total. The molecule has 1 aliphatic rings. The molecule has 0 aromatic rings. The lowest BCUT2D eigenvalue weighted by Gasteiger charge is -2.39. The fraction of sp³-hybridized carbons (Fsp3) is 0.963. The van der Waals surface area contributed by atoms with E-state index < -0.39 is 0 Å². The van der Waals surface area contributed by atoms with Gasteiger partial charge in [-0.2, -0.15) is 0 Å². The zero-order chi connectivity index (χ0) is 21.4. The molecule has 1 fully saturated rings. The molecule has 0 radical (unpaired) electrons. The molecule has 0 aliphatic heterocycles. The Kier molecular flexibility index (Phi) is 14.8. The minimum atomic E-state index is 0.291. The van der Waals surface area contributed by atoms with Crippen molar-refractivity contribution in [1.82, 2.24) is 5.32 Å². The lowest BCUT2D eigenvalue weighted by Crippen LogP contribution is -2.45. The topological polar surface area (TPSA) is 29.1 Å². The van der Waals surface area contributed by atoms with Crippen LogP contribution in [0.1, 0.15) is 150 Å². The molecule has 2 nitrogen and oxygen atoms in total. The van der Waals surface area contributed by atoms with Gasteiger partial charge in [0, 0.05) is 12.5 Å². The van der Waals surface area contributed by atoms with Gasteiger partial charge in [-0.3, -0.25) is 4.79 Å². The number of amides is 1. The predicted molar refractivity (Wildman–Crippen MR) is 128 cm³/mol. The predicted octanol–water partition coefficient (Wildman–Crippen LogP) is 8.58. The lowest BCUT2D eigenvalue weighted by atomic mass is 9.71. The Labute approximate surface area is 183 Å². The smallest absolute Gasteiger partial charge is 0.220 e. The highest BCUT2D eigenvalue weighted by Gasteiger charge is 2.32. The quantitative estimate of drug-likeness (QED) is 0.226. The first-order valence-electron chi connectivity index (χ1n) is 13.2. The summed E-state index contributed by atoms with van der Waals surface area (Å²) in [6.45, 7) is 9.23. The molecule has 29 heavy (non-hydrogen) atoms. The standard InChI is InChI=1S/C27H53NO/c1-5-6-7-8-9-10-11-12-13-14-15-16-17-18-19-20-26(29)28-25-21-24(22-25)23-27(2,3)4/h24-25H,5-23H2,1-4H3,(H,28,29). The van der Waals surface area contributed by atoms with Gasteiger partial charge in [-0.05, 0) is 37.0 Å². The van der Waals surface area contributed by atoms with E-state index in [1.54, 1.807) is 0 Å². The fourth-order valence-electron chi connectivity index (χ4n) is 4.84. The molecule has 0 spiro atoms. The molecule has 2 heteroatoms. The molecule has 1 saturated carbocycles. The third kappa shape index (κ3) is 15.9. The Hall–Kier alpha value is -0.530. The zero-order valence-electron chi connectivity index (χ0n) is 20.5. The molecule has 1 rings (SSSR count). The fourth-order valence-corrected chi connectivity index (χ4v) is 4.84. The monoisotopic (exact) mass is 407 g/mol. The van der Waals surface area contributed by atoms with Crippen LogP contribution >= 0.6 is 0 Å². The minimum Gasteiger partial charge on any atom is -0.353 e. The molecule has 0 unspecified atom stereocenters. The van der Waals surface area contributed by atoms with E-state index in [0.29, 0.717) is 17.4 Å². The first kappa shape index (κ1) is 26.5. The van der Waals surface area contributed by atoms with Gasteiger partial charge < -0.3 is 5.32 Å². The Morgan fingerprint density at radius 2 is 1.14 bits per heavy atom. The van der Waals surface area contributed by atoms with Gasteiger partial charge in [0.1, 0.15) is 0 Å². The van der Waals surface area contributed by atoms with Gasteiger partial charge in [-0.15, -0.1) is 0 Å². The summed E-state index contributed by atoms with van der Waals surface area (Å²) in [6.07, 6.45) is 25.0. The van der Waals surface area contributed by atoms with Crippen LogP contribution in [0.4, 0.5) is 0 Å². The molecule has 1 amide bonds. The molecule has 1 aliphatic carbocycles. The first-order valence-corrected chi connectivity index (χ1v) is 13.2. The highest BCUT2D eigenvalue weighted by molar-refractivity contribution is 5.76. The number of hydrogen-bond acceptors (Lipinski definition) is 1. The molecule has 172 valence electrons. The van der Waals surface area contributed by atoms with Crippen molar-refractivity contribution in [2.24, 2.45) is 11.3 Å². The van der Waals surface area contributed by atoms with Crippen molar-refractivity contribution in [3.8, 4) is 0 Å². The summed E-state index contributed by atoms with van der Waals surface area (Å²) >= 11 is 0. The summed E-state index contributed by atoms with van der Waals surface area (Å²) in [7, 11) is 0. The van der Waals surface area contributed by atoms with Gasteiger partial charge in [-0.25, -0.2) is 0 Å². The number of nitrogens with one attached hydrogen (secondary N) is 1. The number of hydrogen-bond donors (Lipinski definition) is 1. The van der Waals surface area contributed by atoms with Crippen LogP contribution in [-0.2, 0) is 4.79 Å². The van der Waals surface area contributed by atoms with Gasteiger partial charge in [0.15, 0.2) is 0 Å². The van der Waals surface area contributed by atoms with Crippen molar-refractivity contribution in [3.63, 3.8) is 0 Å². The van der Waals surface area contributed by atoms with Gasteiger partial charge in [0.2, 0.25) is 5.91 Å². The van der Waals surface area contributed by atoms with Crippen molar-refractivity contribution in [2.45, 2.75) is 156 Å². The highest BCUT2D eigenvalue weighted by atomic mass is 16.1. The maximum absolute atomic E-state index is 12.1. The van der Waals surface area contributed by atoms with E-state index in [1.165, 1.54) is 109 Å². The third-order valence-corrected chi connectivity index (χ3v) is 6.51. The van der Waals surface area contributed by atoms with Crippen LogP contribution in [0.3, 0.4) is 0 Å². The first-order chi connectivity index (χ1) is 13.9. The van der Waals surface area contributed by atoms with E-state index in [0.717, 1.165) is 18.8 Å². The molecule has 0 bridgehead atoms. The van der Waals surface area contributed by atoms with Gasteiger partial charge in [-0.1, -0.05) is 118 Å². The van der Waals surface area contributed by atoms with E-state index in [9.17, 15) is 4.79 Å². The van der Waals surface area contributed by atoms with Crippen molar-refractivity contribution in [2.75, 3.05) is 0 Å². The van der Waals surface area contributed by atoms with Crippen molar-refractivity contribution in [3.05, 3.63) is 0 Å². The molecular weight excluding hydrogens is 354 g/mol. The summed E-state index contributed by atoms with van der Waals surface area (Å²) in [5.41, 5.74) is 0.424. The number of carbonyl (C=O) groups is 1. The summed E-state index contributed by atoms with van der Waals surface area (Å²) in [5.74, 6) is 1.12. The highest BCUT2D eigenvalue weighted by Crippen LogP contribution is 2.37. The second-order valence-corrected chi connectivity index (χ2v) is 11.1. The number of unbranched alkanes of at least 4 members (excludes halogenated alkanes) is 14. The Morgan fingerprint density at radius 3 is 1.55 bits per heavy atom. The maximum Gasteiger partial charge on any atom is 0.220 e. The molecule has 0 saturated heterocycles. The summed E-state index contributed by atoms with van der Waals surface area (Å²) in [4.78, 5) is 12.1. The third-order valence-electron chi connectivity index (χ3n) is 6.51. The average Bonchev–Trinajstić information content (AvgIpc) is 2.62. The van der Waals surface area contributed by atoms with Crippen LogP contribution in [0.5, 0.6) is 0 Å².